The largest absolute Gasteiger partial charge is 0.458 e. The van der Waals surface area contributed by atoms with E-state index in [1.807, 2.05) is 0 Å². The van der Waals surface area contributed by atoms with Crippen LogP contribution in [0, 0.1) is 29.6 Å². The Morgan fingerprint density at radius 3 is 2.59 bits per heavy atom. The first-order valence-electron chi connectivity index (χ1n) is 6.99. The van der Waals surface area contributed by atoms with Crippen LogP contribution in [0.15, 0.2) is 12.2 Å². The molecule has 2 heteroatoms. The maximum Gasteiger partial charge on any atom is 0.334 e. The van der Waals surface area contributed by atoms with Gasteiger partial charge in [-0.15, -0.1) is 0 Å². The molecule has 0 aromatic carbocycles. The highest BCUT2D eigenvalue weighted by Gasteiger charge is 2.52. The van der Waals surface area contributed by atoms with Gasteiger partial charge in [-0.1, -0.05) is 26.8 Å². The normalized spacial score (nSPS) is 49.5. The van der Waals surface area contributed by atoms with Crippen molar-refractivity contribution < 1.29 is 9.53 Å². The molecule has 1 heterocycles. The molecule has 6 atom stereocenters. The van der Waals surface area contributed by atoms with Crippen LogP contribution in [0.3, 0.4) is 0 Å². The summed E-state index contributed by atoms with van der Waals surface area (Å²) < 4.78 is 5.65. The lowest BCUT2D eigenvalue weighted by atomic mass is 9.78. The minimum Gasteiger partial charge on any atom is -0.458 e. The Balaban J connectivity index is 1.95. The molecule has 0 aromatic rings. The van der Waals surface area contributed by atoms with Crippen LogP contribution in [-0.2, 0) is 9.53 Å². The fraction of sp³-hybridized carbons (Fsp3) is 0.800. The summed E-state index contributed by atoms with van der Waals surface area (Å²) >= 11 is 0. The molecule has 2 aliphatic carbocycles. The average molecular weight is 234 g/mol. The van der Waals surface area contributed by atoms with Gasteiger partial charge in [-0.2, -0.15) is 0 Å². The van der Waals surface area contributed by atoms with Crippen LogP contribution >= 0.6 is 0 Å². The molecule has 17 heavy (non-hydrogen) atoms. The van der Waals surface area contributed by atoms with Gasteiger partial charge in [0.2, 0.25) is 0 Å². The van der Waals surface area contributed by atoms with Crippen molar-refractivity contribution in [2.45, 2.75) is 45.6 Å². The highest BCUT2D eigenvalue weighted by atomic mass is 16.6. The lowest BCUT2D eigenvalue weighted by Gasteiger charge is -2.30. The molecular weight excluding hydrogens is 212 g/mol. The van der Waals surface area contributed by atoms with Crippen molar-refractivity contribution in [2.75, 3.05) is 0 Å². The second-order valence-corrected chi connectivity index (χ2v) is 6.35. The van der Waals surface area contributed by atoms with Crippen LogP contribution in [0.1, 0.15) is 39.5 Å². The molecule has 3 rings (SSSR count). The third-order valence-electron chi connectivity index (χ3n) is 5.50. The van der Waals surface area contributed by atoms with E-state index in [4.69, 9.17) is 4.74 Å². The topological polar surface area (TPSA) is 26.3 Å². The summed E-state index contributed by atoms with van der Waals surface area (Å²) in [5, 5.41) is 0. The van der Waals surface area contributed by atoms with Gasteiger partial charge in [-0.25, -0.2) is 4.79 Å². The first kappa shape index (κ1) is 11.3. The lowest BCUT2D eigenvalue weighted by Crippen LogP contribution is -2.32. The van der Waals surface area contributed by atoms with Crippen molar-refractivity contribution in [2.24, 2.45) is 29.6 Å². The fourth-order valence-corrected chi connectivity index (χ4v) is 4.47. The van der Waals surface area contributed by atoms with Gasteiger partial charge < -0.3 is 4.74 Å². The maximum atomic E-state index is 11.7. The molecule has 0 aromatic heterocycles. The van der Waals surface area contributed by atoms with Crippen LogP contribution in [-0.4, -0.2) is 12.1 Å². The number of hydrogen-bond acceptors (Lipinski definition) is 2. The predicted molar refractivity (Wildman–Crippen MR) is 66.3 cm³/mol. The fourth-order valence-electron chi connectivity index (χ4n) is 4.47. The van der Waals surface area contributed by atoms with E-state index in [1.165, 1.54) is 19.3 Å². The quantitative estimate of drug-likeness (QED) is 0.475. The number of fused-ring (bicyclic) bond motifs is 3. The standard InChI is InChI=1S/C15H22O2/c1-8-4-7-12-10(3)15(16)17-14(12)13-9(2)5-6-11(8)13/h8-9,11-14H,3-7H2,1-2H3. The Morgan fingerprint density at radius 2 is 1.82 bits per heavy atom. The minimum atomic E-state index is -0.132. The second kappa shape index (κ2) is 3.86. The van der Waals surface area contributed by atoms with Gasteiger partial charge >= 0.3 is 5.97 Å². The number of ether oxygens (including phenoxy) is 1. The molecule has 2 nitrogen and oxygen atoms in total. The van der Waals surface area contributed by atoms with Crippen LogP contribution in [0.5, 0.6) is 0 Å². The van der Waals surface area contributed by atoms with Crippen molar-refractivity contribution in [3.8, 4) is 0 Å². The molecule has 3 aliphatic rings. The molecular formula is C15H22O2. The van der Waals surface area contributed by atoms with Gasteiger partial charge in [-0.3, -0.25) is 0 Å². The summed E-state index contributed by atoms with van der Waals surface area (Å²) in [4.78, 5) is 11.7. The van der Waals surface area contributed by atoms with E-state index >= 15 is 0 Å². The van der Waals surface area contributed by atoms with Crippen LogP contribution in [0.2, 0.25) is 0 Å². The third kappa shape index (κ3) is 1.56. The Labute approximate surface area is 103 Å². The van der Waals surface area contributed by atoms with Gasteiger partial charge in [0.25, 0.3) is 0 Å². The molecule has 0 spiro atoms. The third-order valence-corrected chi connectivity index (χ3v) is 5.50. The number of esters is 1. The summed E-state index contributed by atoms with van der Waals surface area (Å²) in [6, 6.07) is 0. The molecule has 6 unspecified atom stereocenters. The molecule has 94 valence electrons. The van der Waals surface area contributed by atoms with E-state index in [0.717, 1.165) is 23.8 Å². The first-order valence-corrected chi connectivity index (χ1v) is 6.99. The van der Waals surface area contributed by atoms with E-state index < -0.39 is 0 Å². The van der Waals surface area contributed by atoms with Crippen molar-refractivity contribution >= 4 is 5.97 Å². The van der Waals surface area contributed by atoms with Gasteiger partial charge in [0.1, 0.15) is 6.10 Å². The zero-order valence-electron chi connectivity index (χ0n) is 10.8. The summed E-state index contributed by atoms with van der Waals surface area (Å²) in [6.45, 7) is 8.66. The van der Waals surface area contributed by atoms with E-state index in [-0.39, 0.29) is 12.1 Å². The number of rotatable bonds is 0. The van der Waals surface area contributed by atoms with Crippen LogP contribution in [0.25, 0.3) is 0 Å². The summed E-state index contributed by atoms with van der Waals surface area (Å²) in [7, 11) is 0. The highest BCUT2D eigenvalue weighted by Crippen LogP contribution is 2.52. The second-order valence-electron chi connectivity index (χ2n) is 6.35. The zero-order chi connectivity index (χ0) is 12.2. The molecule has 0 radical (unpaired) electrons. The van der Waals surface area contributed by atoms with Crippen molar-refractivity contribution in [1.82, 2.24) is 0 Å². The van der Waals surface area contributed by atoms with Crippen LogP contribution < -0.4 is 0 Å². The number of carbonyl (C=O) groups excluding carboxylic acids is 1. The average Bonchev–Trinajstić information content (AvgIpc) is 2.75. The van der Waals surface area contributed by atoms with Crippen molar-refractivity contribution in [1.29, 1.82) is 0 Å². The van der Waals surface area contributed by atoms with Gasteiger partial charge in [0.15, 0.2) is 0 Å². The van der Waals surface area contributed by atoms with E-state index in [2.05, 4.69) is 20.4 Å². The van der Waals surface area contributed by atoms with Crippen molar-refractivity contribution in [3.63, 3.8) is 0 Å². The van der Waals surface area contributed by atoms with E-state index in [9.17, 15) is 4.79 Å². The number of hydrogen-bond donors (Lipinski definition) is 0. The smallest absolute Gasteiger partial charge is 0.334 e. The van der Waals surface area contributed by atoms with Gasteiger partial charge in [0, 0.05) is 17.4 Å². The highest BCUT2D eigenvalue weighted by molar-refractivity contribution is 5.90. The molecule has 0 bridgehead atoms. The molecule has 0 amide bonds. The van der Waals surface area contributed by atoms with Gasteiger partial charge in [-0.05, 0) is 37.0 Å². The van der Waals surface area contributed by atoms with E-state index in [1.54, 1.807) is 0 Å². The SMILES string of the molecule is C=C1C(=O)OC2C1CCC(C)C1CCC(C)C12. The minimum absolute atomic E-state index is 0.132. The predicted octanol–water partition coefficient (Wildman–Crippen LogP) is 3.18. The monoisotopic (exact) mass is 234 g/mol. The Hall–Kier alpha value is -0.790. The maximum absolute atomic E-state index is 11.7. The molecule has 2 saturated carbocycles. The lowest BCUT2D eigenvalue weighted by molar-refractivity contribution is -0.142. The number of carbonyl (C=O) groups is 1. The van der Waals surface area contributed by atoms with Crippen LogP contribution in [0.4, 0.5) is 0 Å². The molecule has 3 fully saturated rings. The molecule has 1 aliphatic heterocycles. The Morgan fingerprint density at radius 1 is 1.12 bits per heavy atom. The first-order chi connectivity index (χ1) is 8.09. The zero-order valence-corrected chi connectivity index (χ0v) is 10.8. The molecule has 1 saturated heterocycles. The van der Waals surface area contributed by atoms with Gasteiger partial charge in [0.05, 0.1) is 0 Å². The summed E-state index contributed by atoms with van der Waals surface area (Å²) in [5.74, 6) is 3.00. The summed E-state index contributed by atoms with van der Waals surface area (Å²) in [6.07, 6.45) is 5.08. The Bertz CT molecular complexity index is 360. The van der Waals surface area contributed by atoms with Crippen molar-refractivity contribution in [3.05, 3.63) is 12.2 Å². The summed E-state index contributed by atoms with van der Waals surface area (Å²) in [5.41, 5.74) is 0.738. The Kier molecular flexibility index (Phi) is 2.57. The molecule has 0 N–H and O–H groups in total. The van der Waals surface area contributed by atoms with E-state index in [0.29, 0.717) is 17.8 Å².